The van der Waals surface area contributed by atoms with Gasteiger partial charge in [0.05, 0.1) is 16.5 Å². The van der Waals surface area contributed by atoms with Gasteiger partial charge in [0, 0.05) is 24.8 Å². The van der Waals surface area contributed by atoms with E-state index in [1.165, 1.54) is 6.07 Å². The lowest BCUT2D eigenvalue weighted by Gasteiger charge is -2.16. The molecule has 0 aliphatic carbocycles. The van der Waals surface area contributed by atoms with Crippen LogP contribution in [-0.2, 0) is 0 Å². The second kappa shape index (κ2) is 6.64. The van der Waals surface area contributed by atoms with Crippen molar-refractivity contribution in [2.75, 3.05) is 23.8 Å². The molecule has 2 aromatic carbocycles. The van der Waals surface area contributed by atoms with Gasteiger partial charge in [-0.25, -0.2) is 0 Å². The fourth-order valence-electron chi connectivity index (χ4n) is 2.58. The van der Waals surface area contributed by atoms with E-state index in [1.807, 2.05) is 26.1 Å². The van der Waals surface area contributed by atoms with E-state index in [0.717, 1.165) is 12.2 Å². The normalized spacial score (nSPS) is 10.6. The van der Waals surface area contributed by atoms with Gasteiger partial charge < -0.3 is 10.2 Å². The molecule has 7 nitrogen and oxygen atoms in total. The number of fused-ring (bicyclic) bond motifs is 1. The maximum atomic E-state index is 12.5. The Balaban J connectivity index is 1.94. The average Bonchev–Trinajstić information content (AvgIpc) is 2.64. The lowest BCUT2D eigenvalue weighted by Crippen LogP contribution is -2.21. The maximum absolute atomic E-state index is 12.5. The van der Waals surface area contributed by atoms with Gasteiger partial charge in [0.2, 0.25) is 0 Å². The third-order valence-corrected chi connectivity index (χ3v) is 4.12. The molecule has 0 spiro atoms. The van der Waals surface area contributed by atoms with Gasteiger partial charge in [0.15, 0.2) is 0 Å². The van der Waals surface area contributed by atoms with E-state index in [2.05, 4.69) is 20.4 Å². The van der Waals surface area contributed by atoms with Gasteiger partial charge in [-0.2, -0.15) is 0 Å². The first kappa shape index (κ1) is 16.5. The number of hydrogen-bond acceptors (Lipinski definition) is 4. The van der Waals surface area contributed by atoms with Gasteiger partial charge in [-0.3, -0.25) is 24.6 Å². The Morgan fingerprint density at radius 1 is 1.04 bits per heavy atom. The Kier molecular flexibility index (Phi) is 4.38. The van der Waals surface area contributed by atoms with Crippen LogP contribution in [0, 0.1) is 0 Å². The van der Waals surface area contributed by atoms with E-state index in [1.54, 1.807) is 24.3 Å². The number of anilines is 2. The Bertz CT molecular complexity index is 1030. The number of carbonyl (C=O) groups excluding carboxylic acids is 1. The number of benzene rings is 2. The van der Waals surface area contributed by atoms with Crippen LogP contribution in [0.1, 0.15) is 17.3 Å². The van der Waals surface area contributed by atoms with Crippen LogP contribution in [0.15, 0.2) is 52.1 Å². The van der Waals surface area contributed by atoms with Gasteiger partial charge in [-0.15, -0.1) is 0 Å². The number of nitrogens with zero attached hydrogens (tertiary/aromatic N) is 1. The summed E-state index contributed by atoms with van der Waals surface area (Å²) in [6, 6.07) is 11.9. The predicted molar refractivity (Wildman–Crippen MR) is 98.5 cm³/mol. The highest BCUT2D eigenvalue weighted by Gasteiger charge is 2.12. The molecule has 25 heavy (non-hydrogen) atoms. The molecule has 1 heterocycles. The zero-order chi connectivity index (χ0) is 18.0. The van der Waals surface area contributed by atoms with E-state index in [-0.39, 0.29) is 16.7 Å². The van der Waals surface area contributed by atoms with E-state index in [4.69, 9.17) is 0 Å². The minimum Gasteiger partial charge on any atom is -0.375 e. The summed E-state index contributed by atoms with van der Waals surface area (Å²) in [5.74, 6) is -0.349. The average molecular weight is 338 g/mol. The quantitative estimate of drug-likeness (QED) is 0.677. The van der Waals surface area contributed by atoms with Gasteiger partial charge in [0.25, 0.3) is 17.0 Å². The molecule has 0 bridgehead atoms. The summed E-state index contributed by atoms with van der Waals surface area (Å²) in [6.07, 6.45) is 0. The summed E-state index contributed by atoms with van der Waals surface area (Å²) >= 11 is 0. The van der Waals surface area contributed by atoms with Crippen molar-refractivity contribution in [3.63, 3.8) is 0 Å². The molecule has 7 heteroatoms. The van der Waals surface area contributed by atoms with Crippen molar-refractivity contribution in [3.8, 4) is 0 Å². The monoisotopic (exact) mass is 338 g/mol. The number of aromatic amines is 2. The van der Waals surface area contributed by atoms with E-state index in [9.17, 15) is 14.4 Å². The molecule has 128 valence electrons. The van der Waals surface area contributed by atoms with Crippen LogP contribution in [0.25, 0.3) is 10.8 Å². The van der Waals surface area contributed by atoms with Gasteiger partial charge in [0.1, 0.15) is 0 Å². The third-order valence-electron chi connectivity index (χ3n) is 4.12. The summed E-state index contributed by atoms with van der Waals surface area (Å²) < 4.78 is 0. The molecule has 0 atom stereocenters. The predicted octanol–water partition coefficient (Wildman–Crippen LogP) is 1.92. The largest absolute Gasteiger partial charge is 0.375 e. The third kappa shape index (κ3) is 3.16. The zero-order valence-electron chi connectivity index (χ0n) is 13.9. The van der Waals surface area contributed by atoms with Crippen molar-refractivity contribution >= 4 is 28.1 Å². The lowest BCUT2D eigenvalue weighted by molar-refractivity contribution is 0.102. The molecule has 0 radical (unpaired) electrons. The molecule has 0 saturated carbocycles. The van der Waals surface area contributed by atoms with Gasteiger partial charge >= 0.3 is 0 Å². The minimum atomic E-state index is -0.467. The fraction of sp³-hybridized carbons (Fsp3) is 0.167. The van der Waals surface area contributed by atoms with Crippen LogP contribution >= 0.6 is 0 Å². The first-order chi connectivity index (χ1) is 12.0. The van der Waals surface area contributed by atoms with Crippen LogP contribution in [-0.4, -0.2) is 29.7 Å². The minimum absolute atomic E-state index is 0.155. The standard InChI is InChI=1S/C18H18N4O3/c1-3-22(2)12-9-7-11(8-10-12)16(23)19-14-6-4-5-13-15(14)18(25)21-20-17(13)24/h4-10H,3H2,1-2H3,(H,19,23)(H,20,24)(H,21,25). The number of aromatic nitrogens is 2. The second-order valence-electron chi connectivity index (χ2n) is 5.65. The van der Waals surface area contributed by atoms with Crippen LogP contribution in [0.3, 0.4) is 0 Å². The van der Waals surface area contributed by atoms with Crippen molar-refractivity contribution in [3.05, 3.63) is 68.7 Å². The molecule has 0 aliphatic heterocycles. The van der Waals surface area contributed by atoms with Crippen LogP contribution in [0.5, 0.6) is 0 Å². The Morgan fingerprint density at radius 2 is 1.72 bits per heavy atom. The van der Waals surface area contributed by atoms with Crippen LogP contribution < -0.4 is 21.3 Å². The van der Waals surface area contributed by atoms with Crippen molar-refractivity contribution in [2.24, 2.45) is 0 Å². The van der Waals surface area contributed by atoms with Crippen LogP contribution in [0.4, 0.5) is 11.4 Å². The maximum Gasteiger partial charge on any atom is 0.272 e. The highest BCUT2D eigenvalue weighted by molar-refractivity contribution is 6.08. The smallest absolute Gasteiger partial charge is 0.272 e. The number of H-pyrrole nitrogens is 2. The molecule has 1 amide bonds. The number of carbonyl (C=O) groups is 1. The Morgan fingerprint density at radius 3 is 2.40 bits per heavy atom. The van der Waals surface area contributed by atoms with E-state index >= 15 is 0 Å². The molecule has 3 N–H and O–H groups in total. The summed E-state index contributed by atoms with van der Waals surface area (Å²) in [6.45, 7) is 2.90. The number of hydrogen-bond donors (Lipinski definition) is 3. The molecule has 0 saturated heterocycles. The van der Waals surface area contributed by atoms with Crippen molar-refractivity contribution < 1.29 is 4.79 Å². The lowest BCUT2D eigenvalue weighted by atomic mass is 10.1. The van der Waals surface area contributed by atoms with Crippen molar-refractivity contribution in [1.29, 1.82) is 0 Å². The highest BCUT2D eigenvalue weighted by atomic mass is 16.2. The number of amides is 1. The van der Waals surface area contributed by atoms with Crippen LogP contribution in [0.2, 0.25) is 0 Å². The SMILES string of the molecule is CCN(C)c1ccc(C(=O)Nc2cccc3c(=O)[nH][nH]c(=O)c23)cc1. The Labute approximate surface area is 143 Å². The molecular formula is C18H18N4O3. The molecule has 3 rings (SSSR count). The molecule has 0 unspecified atom stereocenters. The molecular weight excluding hydrogens is 320 g/mol. The van der Waals surface area contributed by atoms with E-state index in [0.29, 0.717) is 11.3 Å². The molecule has 3 aromatic rings. The molecule has 1 aromatic heterocycles. The van der Waals surface area contributed by atoms with Gasteiger partial charge in [-0.1, -0.05) is 6.07 Å². The van der Waals surface area contributed by atoms with Crippen molar-refractivity contribution in [1.82, 2.24) is 10.2 Å². The molecule has 0 fully saturated rings. The first-order valence-electron chi connectivity index (χ1n) is 7.87. The Hall–Kier alpha value is -3.35. The summed E-state index contributed by atoms with van der Waals surface area (Å²) in [5, 5.41) is 7.62. The van der Waals surface area contributed by atoms with Crippen molar-refractivity contribution in [2.45, 2.75) is 6.92 Å². The zero-order valence-corrected chi connectivity index (χ0v) is 13.9. The summed E-state index contributed by atoms with van der Waals surface area (Å²) in [5.41, 5.74) is 0.881. The summed E-state index contributed by atoms with van der Waals surface area (Å²) in [7, 11) is 1.97. The van der Waals surface area contributed by atoms with Gasteiger partial charge in [-0.05, 0) is 43.3 Å². The fourth-order valence-corrected chi connectivity index (χ4v) is 2.58. The van der Waals surface area contributed by atoms with E-state index < -0.39 is 11.1 Å². The summed E-state index contributed by atoms with van der Waals surface area (Å²) in [4.78, 5) is 38.4. The molecule has 0 aliphatic rings. The second-order valence-corrected chi connectivity index (χ2v) is 5.65. The number of nitrogens with one attached hydrogen (secondary N) is 3. The topological polar surface area (TPSA) is 98.1 Å². The first-order valence-corrected chi connectivity index (χ1v) is 7.87. The highest BCUT2D eigenvalue weighted by Crippen LogP contribution is 2.19. The number of rotatable bonds is 4.